The van der Waals surface area contributed by atoms with Crippen LogP contribution in [0.2, 0.25) is 0 Å². The normalized spacial score (nSPS) is 47.5. The first-order chi connectivity index (χ1) is 10.7. The van der Waals surface area contributed by atoms with Crippen LogP contribution in [-0.4, -0.2) is 103 Å². The molecule has 1 saturated heterocycles. The van der Waals surface area contributed by atoms with Crippen LogP contribution < -0.4 is 10.6 Å². The molecule has 1 aliphatic heterocycles. The van der Waals surface area contributed by atoms with Gasteiger partial charge in [-0.25, -0.2) is 0 Å². The molecule has 0 aromatic carbocycles. The molecule has 0 bridgehead atoms. The van der Waals surface area contributed by atoms with E-state index in [1.165, 1.54) is 0 Å². The number of carbonyl (C=O) groups is 1. The molecule has 1 amide bonds. The second-order valence-electron chi connectivity index (χ2n) is 6.32. The zero-order valence-corrected chi connectivity index (χ0v) is 12.4. The number of amides is 1. The van der Waals surface area contributed by atoms with Crippen LogP contribution in [0, 0.1) is 0 Å². The molecule has 0 spiro atoms. The van der Waals surface area contributed by atoms with Crippen molar-refractivity contribution in [2.24, 2.45) is 0 Å². The molecule has 1 heterocycles. The van der Waals surface area contributed by atoms with Crippen molar-refractivity contribution in [1.82, 2.24) is 10.6 Å². The van der Waals surface area contributed by atoms with Crippen molar-refractivity contribution in [3.05, 3.63) is 0 Å². The molecule has 134 valence electrons. The topological polar surface area (TPSA) is 183 Å². The summed E-state index contributed by atoms with van der Waals surface area (Å²) in [5.41, 5.74) is -2.05. The van der Waals surface area contributed by atoms with E-state index in [1.807, 2.05) is 0 Å². The second kappa shape index (κ2) is 6.95. The summed E-state index contributed by atoms with van der Waals surface area (Å²) in [4.78, 5) is 12.1. The van der Waals surface area contributed by atoms with Crippen LogP contribution in [-0.2, 0) is 4.79 Å². The van der Waals surface area contributed by atoms with Gasteiger partial charge >= 0.3 is 0 Å². The van der Waals surface area contributed by atoms with Gasteiger partial charge in [-0.2, -0.15) is 0 Å². The van der Waals surface area contributed by atoms with Crippen LogP contribution >= 0.6 is 0 Å². The SMILES string of the molecule is O=C(NC[C@H]1N[C@H](CO)[C@H](O)[C@@H]1O)C1(O)C[C@H](O)C(O)[C@@H](O)C1. The lowest BCUT2D eigenvalue weighted by molar-refractivity contribution is -0.173. The largest absolute Gasteiger partial charge is 0.395 e. The number of rotatable bonds is 4. The Bertz CT molecular complexity index is 424. The molecule has 0 radical (unpaired) electrons. The summed E-state index contributed by atoms with van der Waals surface area (Å²) in [6.07, 6.45) is -7.55. The number of aliphatic hydroxyl groups is 7. The van der Waals surface area contributed by atoms with Gasteiger partial charge in [0.1, 0.15) is 11.7 Å². The third-order valence-corrected chi connectivity index (χ3v) is 4.59. The first-order valence-electron chi connectivity index (χ1n) is 7.47. The van der Waals surface area contributed by atoms with Crippen LogP contribution in [0.15, 0.2) is 0 Å². The summed E-state index contributed by atoms with van der Waals surface area (Å²) < 4.78 is 0. The number of nitrogens with one attached hydrogen (secondary N) is 2. The molecule has 2 aliphatic rings. The fourth-order valence-corrected chi connectivity index (χ4v) is 3.11. The van der Waals surface area contributed by atoms with Gasteiger partial charge in [-0.05, 0) is 0 Å². The lowest BCUT2D eigenvalue weighted by atomic mass is 9.79. The molecule has 2 rings (SSSR count). The van der Waals surface area contributed by atoms with Crippen molar-refractivity contribution in [3.8, 4) is 0 Å². The number of hydrogen-bond donors (Lipinski definition) is 9. The maximum absolute atomic E-state index is 12.1. The number of carbonyl (C=O) groups excluding carboxylic acids is 1. The molecule has 1 saturated carbocycles. The fraction of sp³-hybridized carbons (Fsp3) is 0.923. The third-order valence-electron chi connectivity index (χ3n) is 4.59. The highest BCUT2D eigenvalue weighted by Gasteiger charge is 2.48. The first-order valence-corrected chi connectivity index (χ1v) is 7.47. The zero-order valence-electron chi connectivity index (χ0n) is 12.4. The standard InChI is InChI=1S/C13H24N2O8/c16-4-6-10(20)9(19)5(15-6)3-14-12(22)13(23)1-7(17)11(21)8(18)2-13/h5-11,15-21,23H,1-4H2,(H,14,22)/t5-,6-,7+,8+,9-,10+,11?,13?/m1/s1. The highest BCUT2D eigenvalue weighted by atomic mass is 16.4. The molecular weight excluding hydrogens is 312 g/mol. The molecule has 9 N–H and O–H groups in total. The van der Waals surface area contributed by atoms with E-state index in [-0.39, 0.29) is 13.2 Å². The van der Waals surface area contributed by atoms with Gasteiger partial charge in [0, 0.05) is 19.4 Å². The van der Waals surface area contributed by atoms with E-state index < -0.39 is 67.0 Å². The van der Waals surface area contributed by atoms with Crippen LogP contribution in [0.3, 0.4) is 0 Å². The highest BCUT2D eigenvalue weighted by Crippen LogP contribution is 2.29. The maximum Gasteiger partial charge on any atom is 0.252 e. The van der Waals surface area contributed by atoms with Gasteiger partial charge in [-0.15, -0.1) is 0 Å². The molecule has 2 fully saturated rings. The molecule has 0 aromatic rings. The van der Waals surface area contributed by atoms with E-state index in [1.54, 1.807) is 0 Å². The van der Waals surface area contributed by atoms with Crippen molar-refractivity contribution in [2.75, 3.05) is 13.2 Å². The summed E-state index contributed by atoms with van der Waals surface area (Å²) >= 11 is 0. The Hall–Kier alpha value is -0.850. The first kappa shape index (κ1) is 18.5. The van der Waals surface area contributed by atoms with Gasteiger partial charge < -0.3 is 46.4 Å². The van der Waals surface area contributed by atoms with Gasteiger partial charge in [0.25, 0.3) is 5.91 Å². The van der Waals surface area contributed by atoms with E-state index in [4.69, 9.17) is 5.11 Å². The predicted molar refractivity (Wildman–Crippen MR) is 75.0 cm³/mol. The van der Waals surface area contributed by atoms with E-state index in [0.717, 1.165) is 0 Å². The number of hydrogen-bond acceptors (Lipinski definition) is 9. The summed E-state index contributed by atoms with van der Waals surface area (Å²) in [6, 6.07) is -1.44. The van der Waals surface area contributed by atoms with E-state index in [9.17, 15) is 35.4 Å². The lowest BCUT2D eigenvalue weighted by Crippen LogP contribution is -2.60. The summed E-state index contributed by atoms with van der Waals surface area (Å²) in [7, 11) is 0. The van der Waals surface area contributed by atoms with Crippen molar-refractivity contribution in [1.29, 1.82) is 0 Å². The third kappa shape index (κ3) is 3.64. The van der Waals surface area contributed by atoms with Gasteiger partial charge in [0.2, 0.25) is 0 Å². The Morgan fingerprint density at radius 3 is 2.00 bits per heavy atom. The Morgan fingerprint density at radius 2 is 1.52 bits per heavy atom. The molecular formula is C13H24N2O8. The molecule has 6 atom stereocenters. The maximum atomic E-state index is 12.1. The minimum atomic E-state index is -2.05. The Labute approximate surface area is 132 Å². The zero-order chi connectivity index (χ0) is 17.4. The van der Waals surface area contributed by atoms with Crippen LogP contribution in [0.5, 0.6) is 0 Å². The van der Waals surface area contributed by atoms with Crippen LogP contribution in [0.1, 0.15) is 12.8 Å². The average Bonchev–Trinajstić information content (AvgIpc) is 2.77. The van der Waals surface area contributed by atoms with Crippen molar-refractivity contribution in [3.63, 3.8) is 0 Å². The minimum absolute atomic E-state index is 0.134. The molecule has 10 heteroatoms. The Balaban J connectivity index is 1.92. The lowest BCUT2D eigenvalue weighted by Gasteiger charge is -2.39. The van der Waals surface area contributed by atoms with E-state index in [2.05, 4.69) is 10.6 Å². The van der Waals surface area contributed by atoms with Gasteiger partial charge in [0.15, 0.2) is 0 Å². The smallest absolute Gasteiger partial charge is 0.252 e. The Kier molecular flexibility index (Phi) is 5.59. The van der Waals surface area contributed by atoms with Gasteiger partial charge in [-0.3, -0.25) is 4.79 Å². The average molecular weight is 336 g/mol. The van der Waals surface area contributed by atoms with Gasteiger partial charge in [0.05, 0.1) is 43.1 Å². The predicted octanol–water partition coefficient (Wildman–Crippen LogP) is -5.24. The van der Waals surface area contributed by atoms with Gasteiger partial charge in [-0.1, -0.05) is 0 Å². The van der Waals surface area contributed by atoms with Crippen molar-refractivity contribution in [2.45, 2.75) is 61.0 Å². The molecule has 0 aromatic heterocycles. The monoisotopic (exact) mass is 336 g/mol. The molecule has 10 nitrogen and oxygen atoms in total. The highest BCUT2D eigenvalue weighted by molar-refractivity contribution is 5.85. The molecule has 23 heavy (non-hydrogen) atoms. The van der Waals surface area contributed by atoms with E-state index >= 15 is 0 Å². The summed E-state index contributed by atoms with van der Waals surface area (Å²) in [6.45, 7) is -0.520. The van der Waals surface area contributed by atoms with Crippen molar-refractivity contribution >= 4 is 5.91 Å². The quantitative estimate of drug-likeness (QED) is 0.242. The summed E-state index contributed by atoms with van der Waals surface area (Å²) in [5.74, 6) is -0.863. The van der Waals surface area contributed by atoms with Crippen LogP contribution in [0.4, 0.5) is 0 Å². The summed E-state index contributed by atoms with van der Waals surface area (Å²) in [5, 5.41) is 72.5. The minimum Gasteiger partial charge on any atom is -0.395 e. The second-order valence-corrected chi connectivity index (χ2v) is 6.32. The van der Waals surface area contributed by atoms with Crippen molar-refractivity contribution < 1.29 is 40.5 Å². The molecule has 0 unspecified atom stereocenters. The fourth-order valence-electron chi connectivity index (χ4n) is 3.11. The Morgan fingerprint density at radius 1 is 1.00 bits per heavy atom. The number of aliphatic hydroxyl groups excluding tert-OH is 6. The van der Waals surface area contributed by atoms with E-state index in [0.29, 0.717) is 0 Å². The van der Waals surface area contributed by atoms with Crippen LogP contribution in [0.25, 0.3) is 0 Å². The molecule has 1 aliphatic carbocycles.